The third-order valence-corrected chi connectivity index (χ3v) is 8.57. The lowest BCUT2D eigenvalue weighted by Crippen LogP contribution is -2.50. The molecule has 1 aliphatic rings. The lowest BCUT2D eigenvalue weighted by molar-refractivity contribution is 0.0830. The number of likely N-dealkylation sites (N-methyl/N-ethyl adjacent to an activating group) is 1. The molecule has 0 spiro atoms. The second-order valence-corrected chi connectivity index (χ2v) is 12.2. The van der Waals surface area contributed by atoms with Crippen molar-refractivity contribution in [2.75, 3.05) is 39.2 Å². The summed E-state index contributed by atoms with van der Waals surface area (Å²) in [5.41, 5.74) is 1.26. The topological polar surface area (TPSA) is 108 Å². The van der Waals surface area contributed by atoms with Gasteiger partial charge in [-0.05, 0) is 55.3 Å². The molecule has 0 aliphatic carbocycles. The molecule has 1 aliphatic heterocycles. The molecule has 1 heterocycles. The molecule has 0 radical (unpaired) electrons. The van der Waals surface area contributed by atoms with E-state index >= 15 is 0 Å². The van der Waals surface area contributed by atoms with Crippen LogP contribution in [0.15, 0.2) is 47.4 Å². The molecule has 2 aromatic carbocycles. The number of hydrogen-bond donors (Lipinski definition) is 2. The molecule has 0 unspecified atom stereocenters. The number of carbonyl (C=O) groups excluding carboxylic acids is 1. The summed E-state index contributed by atoms with van der Waals surface area (Å²) in [4.78, 5) is 14.5. The van der Waals surface area contributed by atoms with Crippen molar-refractivity contribution >= 4 is 21.7 Å². The number of benzene rings is 2. The van der Waals surface area contributed by atoms with E-state index in [1.807, 2.05) is 6.92 Å². The minimum absolute atomic E-state index is 0.0134. The van der Waals surface area contributed by atoms with Crippen molar-refractivity contribution in [1.29, 1.82) is 0 Å². The predicted molar refractivity (Wildman–Crippen MR) is 151 cm³/mol. The summed E-state index contributed by atoms with van der Waals surface area (Å²) in [7, 11) is -0.721. The Morgan fingerprint density at radius 2 is 1.92 bits per heavy atom. The minimum atomic E-state index is -3.96. The Balaban J connectivity index is 1.92. The molecule has 2 amide bonds. The molecule has 2 aromatic rings. The van der Waals surface area contributed by atoms with Crippen molar-refractivity contribution in [3.63, 3.8) is 0 Å². The summed E-state index contributed by atoms with van der Waals surface area (Å²) >= 11 is 0. The van der Waals surface area contributed by atoms with Crippen molar-refractivity contribution in [3.8, 4) is 23.3 Å². The van der Waals surface area contributed by atoms with E-state index in [1.165, 1.54) is 15.3 Å². The number of anilines is 1. The summed E-state index contributed by atoms with van der Waals surface area (Å²) in [5.74, 6) is 7.20. The number of ether oxygens (including phenoxy) is 2. The van der Waals surface area contributed by atoms with Crippen LogP contribution in [-0.2, 0) is 10.0 Å². The van der Waals surface area contributed by atoms with Crippen LogP contribution in [0.3, 0.4) is 0 Å². The number of nitrogens with one attached hydrogen (secondary N) is 1. The summed E-state index contributed by atoms with van der Waals surface area (Å²) in [6.07, 6.45) is 0.185. The van der Waals surface area contributed by atoms with Crippen molar-refractivity contribution in [1.82, 2.24) is 9.21 Å². The number of aliphatic hydroxyl groups is 1. The van der Waals surface area contributed by atoms with Crippen molar-refractivity contribution in [2.24, 2.45) is 11.8 Å². The molecule has 0 saturated carbocycles. The Kier molecular flexibility index (Phi) is 10.2. The van der Waals surface area contributed by atoms with E-state index in [4.69, 9.17) is 9.47 Å². The molecule has 0 bridgehead atoms. The summed E-state index contributed by atoms with van der Waals surface area (Å²) < 4.78 is 40.1. The van der Waals surface area contributed by atoms with Gasteiger partial charge in [-0.25, -0.2) is 13.2 Å². The molecule has 39 heavy (non-hydrogen) atoms. The number of hydrogen-bond acceptors (Lipinski definition) is 6. The van der Waals surface area contributed by atoms with Crippen LogP contribution < -0.4 is 14.8 Å². The number of sulfonamides is 1. The summed E-state index contributed by atoms with van der Waals surface area (Å²) in [6.45, 7) is 7.70. The van der Waals surface area contributed by atoms with Gasteiger partial charge in [0.05, 0.1) is 20.3 Å². The molecule has 3 rings (SSSR count). The van der Waals surface area contributed by atoms with Crippen molar-refractivity contribution < 1.29 is 27.8 Å². The maximum Gasteiger partial charge on any atom is 0.321 e. The van der Waals surface area contributed by atoms with E-state index in [0.717, 1.165) is 0 Å². The minimum Gasteiger partial charge on any atom is -0.497 e. The average Bonchev–Trinajstić information content (AvgIpc) is 2.90. The largest absolute Gasteiger partial charge is 0.497 e. The van der Waals surface area contributed by atoms with Gasteiger partial charge in [0, 0.05) is 43.2 Å². The number of aliphatic hydroxyl groups excluding tert-OH is 1. The van der Waals surface area contributed by atoms with Crippen LogP contribution in [0.4, 0.5) is 10.5 Å². The first kappa shape index (κ1) is 30.3. The first-order valence-electron chi connectivity index (χ1n) is 13.0. The zero-order valence-corrected chi connectivity index (χ0v) is 24.3. The fraction of sp³-hybridized carbons (Fsp3) is 0.483. The monoisotopic (exact) mass is 557 g/mol. The van der Waals surface area contributed by atoms with E-state index in [1.54, 1.807) is 57.5 Å². The molecule has 9 nitrogen and oxygen atoms in total. The van der Waals surface area contributed by atoms with Gasteiger partial charge in [0.15, 0.2) is 0 Å². The maximum absolute atomic E-state index is 13.6. The maximum atomic E-state index is 13.6. The first-order valence-corrected chi connectivity index (χ1v) is 14.5. The molecule has 0 fully saturated rings. The van der Waals surface area contributed by atoms with Gasteiger partial charge in [-0.1, -0.05) is 32.6 Å². The highest BCUT2D eigenvalue weighted by Crippen LogP contribution is 2.34. The van der Waals surface area contributed by atoms with Crippen molar-refractivity contribution in [3.05, 3.63) is 48.0 Å². The van der Waals surface area contributed by atoms with Crippen LogP contribution in [0, 0.1) is 23.7 Å². The smallest absolute Gasteiger partial charge is 0.321 e. The number of urea groups is 1. The molecule has 212 valence electrons. The number of amides is 2. The van der Waals surface area contributed by atoms with Gasteiger partial charge in [-0.2, -0.15) is 4.31 Å². The second kappa shape index (κ2) is 13.2. The molecular formula is C29H39N3O6S. The van der Waals surface area contributed by atoms with Gasteiger partial charge in [0.2, 0.25) is 10.0 Å². The van der Waals surface area contributed by atoms with Gasteiger partial charge in [0.25, 0.3) is 0 Å². The number of nitrogens with zero attached hydrogens (tertiary/aromatic N) is 2. The first-order chi connectivity index (χ1) is 18.5. The van der Waals surface area contributed by atoms with Gasteiger partial charge in [-0.15, -0.1) is 0 Å². The van der Waals surface area contributed by atoms with Crippen LogP contribution in [0.25, 0.3) is 0 Å². The highest BCUT2D eigenvalue weighted by atomic mass is 32.2. The highest BCUT2D eigenvalue weighted by molar-refractivity contribution is 7.89. The van der Waals surface area contributed by atoms with E-state index < -0.39 is 22.2 Å². The van der Waals surface area contributed by atoms with Crippen LogP contribution >= 0.6 is 0 Å². The molecular weight excluding hydrogens is 518 g/mol. The quantitative estimate of drug-likeness (QED) is 0.498. The Labute approximate surface area is 232 Å². The van der Waals surface area contributed by atoms with Gasteiger partial charge >= 0.3 is 6.03 Å². The normalized spacial score (nSPS) is 19.4. The number of methoxy groups -OCH3 is 1. The van der Waals surface area contributed by atoms with Gasteiger partial charge in [0.1, 0.15) is 22.5 Å². The van der Waals surface area contributed by atoms with E-state index in [2.05, 4.69) is 31.0 Å². The molecule has 10 heteroatoms. The fourth-order valence-corrected chi connectivity index (χ4v) is 5.95. The number of fused-ring (bicyclic) bond motifs is 1. The van der Waals surface area contributed by atoms with Crippen LogP contribution in [0.1, 0.15) is 39.7 Å². The Hall–Kier alpha value is -3.26. The third-order valence-electron chi connectivity index (χ3n) is 6.55. The Morgan fingerprint density at radius 3 is 2.54 bits per heavy atom. The van der Waals surface area contributed by atoms with Gasteiger partial charge in [-0.3, -0.25) is 0 Å². The average molecular weight is 558 g/mol. The number of carbonyl (C=O) groups is 1. The van der Waals surface area contributed by atoms with Gasteiger partial charge < -0.3 is 24.8 Å². The Bertz CT molecular complexity index is 1300. The lowest BCUT2D eigenvalue weighted by Gasteiger charge is -2.37. The zero-order valence-electron chi connectivity index (χ0n) is 23.5. The van der Waals surface area contributed by atoms with E-state index in [-0.39, 0.29) is 42.3 Å². The third kappa shape index (κ3) is 7.66. The SMILES string of the molecule is COc1ccc(NC(=O)N(C)C[C@@H]2Oc3cc(C#CCC(C)C)ccc3S(=O)(=O)N([C@H](C)CO)C[C@H]2C)cc1. The van der Waals surface area contributed by atoms with Crippen LogP contribution in [0.2, 0.25) is 0 Å². The number of rotatable bonds is 7. The van der Waals surface area contributed by atoms with Crippen LogP contribution in [0.5, 0.6) is 11.5 Å². The zero-order chi connectivity index (χ0) is 28.7. The molecule has 0 aromatic heterocycles. The molecule has 0 saturated heterocycles. The second-order valence-electron chi connectivity index (χ2n) is 10.3. The van der Waals surface area contributed by atoms with Crippen LogP contribution in [-0.4, -0.2) is 74.8 Å². The lowest BCUT2D eigenvalue weighted by atomic mass is 10.0. The van der Waals surface area contributed by atoms with E-state index in [0.29, 0.717) is 29.3 Å². The molecule has 3 atom stereocenters. The van der Waals surface area contributed by atoms with Crippen molar-refractivity contribution in [2.45, 2.75) is 51.2 Å². The standard InChI is InChI=1S/C29H39N3O6S/c1-20(2)8-7-9-23-10-15-28-26(16-23)38-27(21(3)17-32(22(4)19-33)39(28,35)36)18-31(5)29(34)30-24-11-13-25(37-6)14-12-24/h10-16,20-22,27,33H,8,17-19H2,1-6H3,(H,30,34)/t21-,22-,27+/m1/s1. The highest BCUT2D eigenvalue weighted by Gasteiger charge is 2.38. The predicted octanol–water partition coefficient (Wildman–Crippen LogP) is 4.03. The Morgan fingerprint density at radius 1 is 1.23 bits per heavy atom. The summed E-state index contributed by atoms with van der Waals surface area (Å²) in [6, 6.07) is 10.9. The summed E-state index contributed by atoms with van der Waals surface area (Å²) in [5, 5.41) is 12.7. The fourth-order valence-electron chi connectivity index (χ4n) is 4.12. The van der Waals surface area contributed by atoms with E-state index in [9.17, 15) is 18.3 Å². The molecule has 2 N–H and O–H groups in total.